The van der Waals surface area contributed by atoms with E-state index in [1.54, 1.807) is 12.7 Å². The van der Waals surface area contributed by atoms with Crippen molar-refractivity contribution >= 4 is 17.4 Å². The van der Waals surface area contributed by atoms with E-state index >= 15 is 0 Å². The van der Waals surface area contributed by atoms with Gasteiger partial charge in [0.05, 0.1) is 0 Å². The van der Waals surface area contributed by atoms with Crippen molar-refractivity contribution in [1.29, 1.82) is 0 Å². The number of hydrogen-bond donors (Lipinski definition) is 3. The Bertz CT molecular complexity index is 851. The molecule has 0 radical (unpaired) electrons. The first-order valence-corrected chi connectivity index (χ1v) is 9.95. The van der Waals surface area contributed by atoms with Crippen LogP contribution in [0.3, 0.4) is 0 Å². The van der Waals surface area contributed by atoms with Crippen LogP contribution < -0.4 is 5.32 Å². The molecule has 0 saturated heterocycles. The second kappa shape index (κ2) is 10.0. The standard InChI is InChI=1S/C20H27N5.CH2O2/c1-21-17-7-5-15(6-8-17)3-2-4-16-12-22-20-10-9-18(11-19(16)20)25-13-23-24-14-25;2-1-3/h9-15,17,21-22H,2-8H2,1H3;1H,(H,2,3)/t15-,17+;. The molecule has 7 nitrogen and oxygen atoms in total. The number of aryl methyl sites for hydroxylation is 1. The second-order valence-corrected chi connectivity index (χ2v) is 7.42. The number of hydrogen-bond acceptors (Lipinski definition) is 4. The van der Waals surface area contributed by atoms with Gasteiger partial charge < -0.3 is 15.4 Å². The molecule has 1 fully saturated rings. The maximum Gasteiger partial charge on any atom is 0.290 e. The van der Waals surface area contributed by atoms with Gasteiger partial charge >= 0.3 is 0 Å². The Morgan fingerprint density at radius 2 is 1.96 bits per heavy atom. The highest BCUT2D eigenvalue weighted by Gasteiger charge is 2.19. The molecule has 3 N–H and O–H groups in total. The fraction of sp³-hybridized carbons (Fsp3) is 0.476. The molecular weight excluding hydrogens is 354 g/mol. The van der Waals surface area contributed by atoms with Crippen LogP contribution in [0.25, 0.3) is 16.6 Å². The van der Waals surface area contributed by atoms with Crippen molar-refractivity contribution in [1.82, 2.24) is 25.1 Å². The van der Waals surface area contributed by atoms with E-state index in [2.05, 4.69) is 51.9 Å². The fourth-order valence-corrected chi connectivity index (χ4v) is 4.19. The lowest BCUT2D eigenvalue weighted by Gasteiger charge is -2.28. The van der Waals surface area contributed by atoms with E-state index in [1.807, 2.05) is 4.57 Å². The molecule has 0 aliphatic heterocycles. The highest BCUT2D eigenvalue weighted by molar-refractivity contribution is 5.85. The molecule has 0 atom stereocenters. The first kappa shape index (κ1) is 20.1. The van der Waals surface area contributed by atoms with E-state index < -0.39 is 0 Å². The zero-order valence-electron chi connectivity index (χ0n) is 16.3. The Balaban J connectivity index is 0.000000706. The molecule has 28 heavy (non-hydrogen) atoms. The van der Waals surface area contributed by atoms with Gasteiger partial charge in [-0.15, -0.1) is 10.2 Å². The molecule has 7 heteroatoms. The van der Waals surface area contributed by atoms with Gasteiger partial charge in [-0.05, 0) is 75.3 Å². The minimum absolute atomic E-state index is 0.250. The largest absolute Gasteiger partial charge is 0.483 e. The van der Waals surface area contributed by atoms with E-state index in [4.69, 9.17) is 9.90 Å². The number of carboxylic acid groups (broad SMARTS) is 1. The van der Waals surface area contributed by atoms with Crippen LogP contribution in [0.2, 0.25) is 0 Å². The van der Waals surface area contributed by atoms with Gasteiger partial charge in [0.15, 0.2) is 0 Å². The van der Waals surface area contributed by atoms with Crippen LogP contribution in [0.5, 0.6) is 0 Å². The van der Waals surface area contributed by atoms with Crippen molar-refractivity contribution in [3.05, 3.63) is 42.6 Å². The molecule has 2 heterocycles. The highest BCUT2D eigenvalue weighted by Crippen LogP contribution is 2.29. The molecular formula is C21H29N5O2. The second-order valence-electron chi connectivity index (χ2n) is 7.42. The number of nitrogens with zero attached hydrogens (tertiary/aromatic N) is 3. The Kier molecular flexibility index (Phi) is 7.19. The Labute approximate surface area is 165 Å². The smallest absolute Gasteiger partial charge is 0.290 e. The summed E-state index contributed by atoms with van der Waals surface area (Å²) >= 11 is 0. The van der Waals surface area contributed by atoms with Crippen LogP contribution in [-0.2, 0) is 11.2 Å². The van der Waals surface area contributed by atoms with E-state index in [0.29, 0.717) is 0 Å². The van der Waals surface area contributed by atoms with Crippen molar-refractivity contribution in [3.8, 4) is 5.69 Å². The van der Waals surface area contributed by atoms with Gasteiger partial charge in [-0.25, -0.2) is 0 Å². The van der Waals surface area contributed by atoms with Crippen molar-refractivity contribution in [2.24, 2.45) is 5.92 Å². The quantitative estimate of drug-likeness (QED) is 0.566. The summed E-state index contributed by atoms with van der Waals surface area (Å²) < 4.78 is 1.95. The Morgan fingerprint density at radius 3 is 2.64 bits per heavy atom. The number of nitrogens with one attached hydrogen (secondary N) is 2. The molecule has 1 aliphatic carbocycles. The van der Waals surface area contributed by atoms with Crippen molar-refractivity contribution in [2.75, 3.05) is 7.05 Å². The summed E-state index contributed by atoms with van der Waals surface area (Å²) in [7, 11) is 2.09. The van der Waals surface area contributed by atoms with Crippen LogP contribution >= 0.6 is 0 Å². The van der Waals surface area contributed by atoms with Gasteiger partial charge in [0, 0.05) is 28.8 Å². The summed E-state index contributed by atoms with van der Waals surface area (Å²) in [6.45, 7) is -0.250. The summed E-state index contributed by atoms with van der Waals surface area (Å²) in [5.74, 6) is 0.919. The molecule has 1 aromatic carbocycles. The molecule has 0 spiro atoms. The number of aromatic nitrogens is 4. The van der Waals surface area contributed by atoms with E-state index in [9.17, 15) is 0 Å². The lowest BCUT2D eigenvalue weighted by molar-refractivity contribution is -0.122. The molecule has 1 aliphatic rings. The fourth-order valence-electron chi connectivity index (χ4n) is 4.19. The third-order valence-electron chi connectivity index (χ3n) is 5.78. The topological polar surface area (TPSA) is 95.8 Å². The SMILES string of the molecule is CN[C@H]1CC[C@@H](CCCc2c[nH]c3ccc(-n4cnnc4)cc23)CC1.O=CO. The summed E-state index contributed by atoms with van der Waals surface area (Å²) in [4.78, 5) is 11.8. The van der Waals surface area contributed by atoms with Gasteiger partial charge in [-0.3, -0.25) is 9.36 Å². The van der Waals surface area contributed by atoms with Gasteiger partial charge in [0.25, 0.3) is 6.47 Å². The van der Waals surface area contributed by atoms with Gasteiger partial charge in [0.2, 0.25) is 0 Å². The third kappa shape index (κ3) is 4.98. The summed E-state index contributed by atoms with van der Waals surface area (Å²) in [6.07, 6.45) is 14.9. The molecule has 1 saturated carbocycles. The normalized spacial score (nSPS) is 19.2. The number of rotatable bonds is 6. The predicted molar refractivity (Wildman–Crippen MR) is 110 cm³/mol. The third-order valence-corrected chi connectivity index (χ3v) is 5.78. The van der Waals surface area contributed by atoms with Crippen LogP contribution in [0.15, 0.2) is 37.1 Å². The Hall–Kier alpha value is -2.67. The van der Waals surface area contributed by atoms with Crippen molar-refractivity contribution in [3.63, 3.8) is 0 Å². The van der Waals surface area contributed by atoms with E-state index in [0.717, 1.165) is 24.1 Å². The van der Waals surface area contributed by atoms with Gasteiger partial charge in [-0.1, -0.05) is 6.42 Å². The van der Waals surface area contributed by atoms with Crippen LogP contribution in [0.4, 0.5) is 0 Å². The lowest BCUT2D eigenvalue weighted by Crippen LogP contribution is -2.30. The first-order chi connectivity index (χ1) is 13.7. The van der Waals surface area contributed by atoms with Gasteiger partial charge in [-0.2, -0.15) is 0 Å². The zero-order valence-corrected chi connectivity index (χ0v) is 16.3. The van der Waals surface area contributed by atoms with Crippen LogP contribution in [0, 0.1) is 5.92 Å². The Morgan fingerprint density at radius 1 is 1.25 bits per heavy atom. The average molecular weight is 383 g/mol. The van der Waals surface area contributed by atoms with E-state index in [1.165, 1.54) is 55.0 Å². The number of benzene rings is 1. The van der Waals surface area contributed by atoms with Crippen LogP contribution in [0.1, 0.15) is 44.1 Å². The number of aromatic amines is 1. The maximum atomic E-state index is 8.36. The molecule has 4 rings (SSSR count). The maximum absolute atomic E-state index is 8.36. The summed E-state index contributed by atoms with van der Waals surface area (Å²) in [5.41, 5.74) is 3.75. The average Bonchev–Trinajstić information content (AvgIpc) is 3.39. The minimum atomic E-state index is -0.250. The monoisotopic (exact) mass is 383 g/mol. The zero-order chi connectivity index (χ0) is 19.8. The van der Waals surface area contributed by atoms with Crippen LogP contribution in [-0.4, -0.2) is 44.4 Å². The molecule has 0 amide bonds. The molecule has 0 bridgehead atoms. The van der Waals surface area contributed by atoms with E-state index in [-0.39, 0.29) is 6.47 Å². The first-order valence-electron chi connectivity index (χ1n) is 9.95. The van der Waals surface area contributed by atoms with Crippen molar-refractivity contribution in [2.45, 2.75) is 51.0 Å². The molecule has 3 aromatic rings. The number of H-pyrrole nitrogens is 1. The molecule has 0 unspecified atom stereocenters. The predicted octanol–water partition coefficient (Wildman–Crippen LogP) is 3.55. The number of carbonyl (C=O) groups is 1. The lowest BCUT2D eigenvalue weighted by atomic mass is 9.83. The minimum Gasteiger partial charge on any atom is -0.483 e. The summed E-state index contributed by atoms with van der Waals surface area (Å²) in [5, 5.41) is 19.4. The van der Waals surface area contributed by atoms with Gasteiger partial charge in [0.1, 0.15) is 12.7 Å². The summed E-state index contributed by atoms with van der Waals surface area (Å²) in [6, 6.07) is 7.24. The molecule has 150 valence electrons. The number of fused-ring (bicyclic) bond motifs is 1. The van der Waals surface area contributed by atoms with Crippen molar-refractivity contribution < 1.29 is 9.90 Å². The highest BCUT2D eigenvalue weighted by atomic mass is 16.3. The molecule has 2 aromatic heterocycles.